The smallest absolute Gasteiger partial charge is 0.320 e. The number of benzene rings is 2. The molecule has 0 N–H and O–H groups in total. The second-order valence-corrected chi connectivity index (χ2v) is 5.11. The van der Waals surface area contributed by atoms with Crippen molar-refractivity contribution >= 4 is 5.97 Å². The second kappa shape index (κ2) is 4.44. The first-order valence-corrected chi connectivity index (χ1v) is 6.53. The third kappa shape index (κ3) is 1.59. The molecule has 2 nitrogen and oxygen atoms in total. The highest BCUT2D eigenvalue weighted by Crippen LogP contribution is 2.67. The van der Waals surface area contributed by atoms with Gasteiger partial charge in [0.05, 0.1) is 7.11 Å². The Morgan fingerprint density at radius 1 is 1.00 bits per heavy atom. The molecule has 1 saturated carbocycles. The normalized spacial score (nSPS) is 27.9. The van der Waals surface area contributed by atoms with Crippen LogP contribution in [0.3, 0.4) is 0 Å². The molecule has 1 aliphatic rings. The van der Waals surface area contributed by atoms with E-state index in [1.807, 2.05) is 24.3 Å². The standard InChI is InChI=1S/C17H15FO2/c1-20-15(19)16(13-8-4-2-5-9-13)12-17(16,18)14-10-6-3-7-11-14/h2-11H,12H2,1H3/t16-,17+/m1/s1. The Balaban J connectivity index is 2.11. The van der Waals surface area contributed by atoms with Crippen molar-refractivity contribution in [2.24, 2.45) is 0 Å². The lowest BCUT2D eigenvalue weighted by Crippen LogP contribution is -2.29. The Morgan fingerprint density at radius 3 is 2.00 bits per heavy atom. The van der Waals surface area contributed by atoms with E-state index in [0.29, 0.717) is 11.1 Å². The van der Waals surface area contributed by atoms with Gasteiger partial charge in [-0.3, -0.25) is 4.79 Å². The predicted molar refractivity (Wildman–Crippen MR) is 74.0 cm³/mol. The quantitative estimate of drug-likeness (QED) is 0.799. The first-order valence-electron chi connectivity index (χ1n) is 6.53. The summed E-state index contributed by atoms with van der Waals surface area (Å²) in [5.41, 5.74) is -1.72. The summed E-state index contributed by atoms with van der Waals surface area (Å²) in [6.45, 7) is 0. The van der Waals surface area contributed by atoms with Crippen molar-refractivity contribution in [3.05, 3.63) is 71.8 Å². The Hall–Kier alpha value is -2.16. The second-order valence-electron chi connectivity index (χ2n) is 5.11. The maximum Gasteiger partial charge on any atom is 0.320 e. The summed E-state index contributed by atoms with van der Waals surface area (Å²) in [5, 5.41) is 0. The minimum atomic E-state index is -1.69. The van der Waals surface area contributed by atoms with E-state index >= 15 is 4.39 Å². The van der Waals surface area contributed by atoms with Crippen molar-refractivity contribution in [1.82, 2.24) is 0 Å². The van der Waals surface area contributed by atoms with Crippen LogP contribution in [0.5, 0.6) is 0 Å². The first-order chi connectivity index (χ1) is 9.65. The molecule has 0 radical (unpaired) electrons. The van der Waals surface area contributed by atoms with Crippen LogP contribution in [0.1, 0.15) is 17.5 Å². The Kier molecular flexibility index (Phi) is 2.85. The van der Waals surface area contributed by atoms with Crippen molar-refractivity contribution in [3.8, 4) is 0 Å². The van der Waals surface area contributed by atoms with Crippen LogP contribution in [-0.4, -0.2) is 13.1 Å². The molecule has 2 aromatic rings. The highest BCUT2D eigenvalue weighted by molar-refractivity contribution is 5.90. The van der Waals surface area contributed by atoms with Gasteiger partial charge in [0.25, 0.3) is 0 Å². The number of alkyl halides is 1. The van der Waals surface area contributed by atoms with Gasteiger partial charge in [-0.15, -0.1) is 0 Å². The zero-order chi connectivity index (χ0) is 14.2. The number of methoxy groups -OCH3 is 1. The van der Waals surface area contributed by atoms with E-state index in [1.54, 1.807) is 36.4 Å². The molecular formula is C17H15FO2. The van der Waals surface area contributed by atoms with Crippen LogP contribution in [0.2, 0.25) is 0 Å². The van der Waals surface area contributed by atoms with Gasteiger partial charge in [-0.1, -0.05) is 60.7 Å². The molecule has 2 aromatic carbocycles. The lowest BCUT2D eigenvalue weighted by molar-refractivity contribution is -0.145. The van der Waals surface area contributed by atoms with Gasteiger partial charge >= 0.3 is 5.97 Å². The summed E-state index contributed by atoms with van der Waals surface area (Å²) in [7, 11) is 1.30. The van der Waals surface area contributed by atoms with Crippen LogP contribution >= 0.6 is 0 Å². The van der Waals surface area contributed by atoms with E-state index in [4.69, 9.17) is 4.74 Å². The van der Waals surface area contributed by atoms with Gasteiger partial charge in [0.1, 0.15) is 5.41 Å². The van der Waals surface area contributed by atoms with Gasteiger partial charge in [-0.2, -0.15) is 0 Å². The molecule has 0 aliphatic heterocycles. The lowest BCUT2D eigenvalue weighted by atomic mass is 9.89. The van der Waals surface area contributed by atoms with Crippen molar-refractivity contribution in [3.63, 3.8) is 0 Å². The molecule has 0 bridgehead atoms. The third-order valence-corrected chi connectivity index (χ3v) is 4.09. The van der Waals surface area contributed by atoms with Crippen molar-refractivity contribution in [2.45, 2.75) is 17.5 Å². The predicted octanol–water partition coefficient (Wildman–Crippen LogP) is 3.37. The molecule has 0 amide bonds. The van der Waals surface area contributed by atoms with Gasteiger partial charge in [0, 0.05) is 6.42 Å². The molecule has 3 heteroatoms. The van der Waals surface area contributed by atoms with Gasteiger partial charge in [0.15, 0.2) is 5.67 Å². The van der Waals surface area contributed by atoms with E-state index in [1.165, 1.54) is 7.11 Å². The SMILES string of the molecule is COC(=O)[C@]1(c2ccccc2)C[C@]1(F)c1ccccc1. The summed E-state index contributed by atoms with van der Waals surface area (Å²) in [5.74, 6) is -0.518. The van der Waals surface area contributed by atoms with E-state index in [0.717, 1.165) is 0 Å². The molecule has 20 heavy (non-hydrogen) atoms. The molecule has 1 fully saturated rings. The number of rotatable bonds is 3. The highest BCUT2D eigenvalue weighted by Gasteiger charge is 2.76. The lowest BCUT2D eigenvalue weighted by Gasteiger charge is -2.19. The molecule has 102 valence electrons. The van der Waals surface area contributed by atoms with Crippen molar-refractivity contribution < 1.29 is 13.9 Å². The minimum Gasteiger partial charge on any atom is -0.468 e. The summed E-state index contributed by atoms with van der Waals surface area (Å²) >= 11 is 0. The fourth-order valence-corrected chi connectivity index (χ4v) is 2.95. The molecule has 2 atom stereocenters. The summed E-state index contributed by atoms with van der Waals surface area (Å²) in [6.07, 6.45) is 0.126. The molecule has 0 spiro atoms. The van der Waals surface area contributed by atoms with E-state index in [2.05, 4.69) is 0 Å². The Bertz CT molecular complexity index is 626. The number of esters is 1. The Morgan fingerprint density at radius 2 is 1.50 bits per heavy atom. The Labute approximate surface area is 117 Å². The molecule has 0 saturated heterocycles. The zero-order valence-electron chi connectivity index (χ0n) is 11.2. The number of halogens is 1. The fraction of sp³-hybridized carbons (Fsp3) is 0.235. The van der Waals surface area contributed by atoms with Crippen LogP contribution in [-0.2, 0) is 20.6 Å². The zero-order valence-corrected chi connectivity index (χ0v) is 11.2. The summed E-state index contributed by atoms with van der Waals surface area (Å²) in [4.78, 5) is 12.2. The first kappa shape index (κ1) is 12.9. The number of hydrogen-bond acceptors (Lipinski definition) is 2. The average Bonchev–Trinajstić information content (AvgIpc) is 3.17. The maximum absolute atomic E-state index is 15.4. The number of carbonyl (C=O) groups excluding carboxylic acids is 1. The van der Waals surface area contributed by atoms with Crippen LogP contribution in [0.25, 0.3) is 0 Å². The molecule has 0 heterocycles. The monoisotopic (exact) mass is 270 g/mol. The van der Waals surface area contributed by atoms with Crippen LogP contribution in [0.4, 0.5) is 4.39 Å². The van der Waals surface area contributed by atoms with Crippen molar-refractivity contribution in [1.29, 1.82) is 0 Å². The van der Waals surface area contributed by atoms with Crippen LogP contribution in [0.15, 0.2) is 60.7 Å². The third-order valence-electron chi connectivity index (χ3n) is 4.09. The minimum absolute atomic E-state index is 0.126. The molecule has 0 aromatic heterocycles. The van der Waals surface area contributed by atoms with Gasteiger partial charge in [0.2, 0.25) is 0 Å². The van der Waals surface area contributed by atoms with Crippen molar-refractivity contribution in [2.75, 3.05) is 7.11 Å². The topological polar surface area (TPSA) is 26.3 Å². The molecule has 0 unspecified atom stereocenters. The summed E-state index contributed by atoms with van der Waals surface area (Å²) < 4.78 is 20.2. The molecule has 3 rings (SSSR count). The van der Waals surface area contributed by atoms with E-state index in [9.17, 15) is 4.79 Å². The maximum atomic E-state index is 15.4. The number of carbonyl (C=O) groups is 1. The van der Waals surface area contributed by atoms with Crippen LogP contribution in [0, 0.1) is 0 Å². The van der Waals surface area contributed by atoms with Crippen LogP contribution < -0.4 is 0 Å². The van der Waals surface area contributed by atoms with E-state index in [-0.39, 0.29) is 6.42 Å². The van der Waals surface area contributed by atoms with Gasteiger partial charge in [-0.05, 0) is 11.1 Å². The number of ether oxygens (including phenoxy) is 1. The van der Waals surface area contributed by atoms with Gasteiger partial charge in [-0.25, -0.2) is 4.39 Å². The highest BCUT2D eigenvalue weighted by atomic mass is 19.1. The summed E-state index contributed by atoms with van der Waals surface area (Å²) in [6, 6.07) is 17.8. The largest absolute Gasteiger partial charge is 0.468 e. The number of hydrogen-bond donors (Lipinski definition) is 0. The van der Waals surface area contributed by atoms with Gasteiger partial charge < -0.3 is 4.74 Å². The molecule has 1 aliphatic carbocycles. The fourth-order valence-electron chi connectivity index (χ4n) is 2.95. The molecular weight excluding hydrogens is 255 g/mol. The van der Waals surface area contributed by atoms with E-state index < -0.39 is 17.1 Å². The average molecular weight is 270 g/mol.